The van der Waals surface area contributed by atoms with Crippen LogP contribution < -0.4 is 5.32 Å². The maximum absolute atomic E-state index is 12.9. The minimum Gasteiger partial charge on any atom is -0.387 e. The number of nitrogens with one attached hydrogen (secondary N) is 1. The molecule has 0 radical (unpaired) electrons. The van der Waals surface area contributed by atoms with Crippen molar-refractivity contribution >= 4 is 11.3 Å². The molecule has 0 fully saturated rings. The Labute approximate surface area is 110 Å². The molecule has 0 saturated heterocycles. The lowest BCUT2D eigenvalue weighted by Gasteiger charge is -2.11. The summed E-state index contributed by atoms with van der Waals surface area (Å²) in [4.78, 5) is 0. The molecule has 1 heterocycles. The summed E-state index contributed by atoms with van der Waals surface area (Å²) in [5, 5.41) is 17.0. The van der Waals surface area contributed by atoms with E-state index >= 15 is 0 Å². The van der Waals surface area contributed by atoms with E-state index in [2.05, 4.69) is 5.32 Å². The van der Waals surface area contributed by atoms with Crippen molar-refractivity contribution in [2.75, 3.05) is 6.54 Å². The van der Waals surface area contributed by atoms with Crippen LogP contribution in [-0.2, 0) is 6.54 Å². The van der Waals surface area contributed by atoms with Gasteiger partial charge in [-0.1, -0.05) is 6.07 Å². The molecule has 2 nitrogen and oxygen atoms in total. The first-order valence-corrected chi connectivity index (χ1v) is 6.77. The molecule has 0 saturated carbocycles. The second-order valence-corrected chi connectivity index (χ2v) is 5.05. The molecule has 0 bridgehead atoms. The average Bonchev–Trinajstić information content (AvgIpc) is 2.85. The Bertz CT molecular complexity index is 499. The predicted molar refractivity (Wildman–Crippen MR) is 72.1 cm³/mol. The number of hydrogen-bond acceptors (Lipinski definition) is 3. The van der Waals surface area contributed by atoms with Crippen LogP contribution in [0.25, 0.3) is 0 Å². The van der Waals surface area contributed by atoms with Crippen LogP contribution in [0, 0.1) is 12.7 Å². The number of benzene rings is 1. The summed E-state index contributed by atoms with van der Waals surface area (Å²) >= 11 is 1.57. The van der Waals surface area contributed by atoms with Gasteiger partial charge in [-0.25, -0.2) is 4.39 Å². The predicted octanol–water partition coefficient (Wildman–Crippen LogP) is 3.02. The molecule has 0 aliphatic rings. The zero-order valence-electron chi connectivity index (χ0n) is 10.2. The molecular weight excluding hydrogens is 249 g/mol. The van der Waals surface area contributed by atoms with Crippen LogP contribution in [0.3, 0.4) is 0 Å². The SMILES string of the molecule is Cc1cc(F)ccc1CNCC(O)c1ccsc1. The van der Waals surface area contributed by atoms with Crippen molar-refractivity contribution < 1.29 is 9.50 Å². The maximum Gasteiger partial charge on any atom is 0.123 e. The molecule has 1 aromatic heterocycles. The molecule has 0 spiro atoms. The summed E-state index contributed by atoms with van der Waals surface area (Å²) in [6, 6.07) is 6.67. The number of rotatable bonds is 5. The molecule has 18 heavy (non-hydrogen) atoms. The average molecular weight is 265 g/mol. The molecule has 0 amide bonds. The standard InChI is InChI=1S/C14H16FNOS/c1-10-6-13(15)3-2-11(10)7-16-8-14(17)12-4-5-18-9-12/h2-6,9,14,16-17H,7-8H2,1H3. The Balaban J connectivity index is 1.85. The zero-order valence-corrected chi connectivity index (χ0v) is 11.0. The Morgan fingerprint density at radius 1 is 1.39 bits per heavy atom. The van der Waals surface area contributed by atoms with Gasteiger partial charge in [-0.05, 0) is 52.6 Å². The van der Waals surface area contributed by atoms with Gasteiger partial charge in [0.05, 0.1) is 6.10 Å². The van der Waals surface area contributed by atoms with Crippen molar-refractivity contribution in [2.24, 2.45) is 0 Å². The number of halogens is 1. The quantitative estimate of drug-likeness (QED) is 0.871. The Kier molecular flexibility index (Phi) is 4.47. The summed E-state index contributed by atoms with van der Waals surface area (Å²) in [5.74, 6) is -0.213. The summed E-state index contributed by atoms with van der Waals surface area (Å²) < 4.78 is 12.9. The monoisotopic (exact) mass is 265 g/mol. The van der Waals surface area contributed by atoms with Crippen LogP contribution >= 0.6 is 11.3 Å². The van der Waals surface area contributed by atoms with E-state index in [0.29, 0.717) is 13.1 Å². The molecule has 0 aliphatic heterocycles. The zero-order chi connectivity index (χ0) is 13.0. The van der Waals surface area contributed by atoms with Crippen LogP contribution in [0.4, 0.5) is 4.39 Å². The fraction of sp³-hybridized carbons (Fsp3) is 0.286. The number of aryl methyl sites for hydroxylation is 1. The molecule has 1 atom stereocenters. The molecule has 1 unspecified atom stereocenters. The van der Waals surface area contributed by atoms with Gasteiger partial charge < -0.3 is 10.4 Å². The summed E-state index contributed by atoms with van der Waals surface area (Å²) in [7, 11) is 0. The van der Waals surface area contributed by atoms with E-state index < -0.39 is 6.10 Å². The van der Waals surface area contributed by atoms with Gasteiger partial charge in [0.25, 0.3) is 0 Å². The molecular formula is C14H16FNOS. The first-order chi connectivity index (χ1) is 8.66. The number of hydrogen-bond donors (Lipinski definition) is 2. The molecule has 2 N–H and O–H groups in total. The third kappa shape index (κ3) is 3.38. The van der Waals surface area contributed by atoms with Crippen molar-refractivity contribution in [3.63, 3.8) is 0 Å². The first-order valence-electron chi connectivity index (χ1n) is 5.82. The van der Waals surface area contributed by atoms with Gasteiger partial charge in [0.1, 0.15) is 5.82 Å². The van der Waals surface area contributed by atoms with Crippen LogP contribution in [0.15, 0.2) is 35.0 Å². The summed E-state index contributed by atoms with van der Waals surface area (Å²) in [6.45, 7) is 3.01. The lowest BCUT2D eigenvalue weighted by molar-refractivity contribution is 0.175. The fourth-order valence-electron chi connectivity index (χ4n) is 1.78. The third-order valence-corrected chi connectivity index (χ3v) is 3.59. The van der Waals surface area contributed by atoms with E-state index in [4.69, 9.17) is 0 Å². The van der Waals surface area contributed by atoms with Crippen molar-refractivity contribution in [3.05, 3.63) is 57.5 Å². The van der Waals surface area contributed by atoms with Crippen LogP contribution in [0.2, 0.25) is 0 Å². The van der Waals surface area contributed by atoms with Crippen molar-refractivity contribution in [2.45, 2.75) is 19.6 Å². The van der Waals surface area contributed by atoms with E-state index in [-0.39, 0.29) is 5.82 Å². The van der Waals surface area contributed by atoms with Gasteiger partial charge in [-0.2, -0.15) is 11.3 Å². The highest BCUT2D eigenvalue weighted by Gasteiger charge is 2.07. The van der Waals surface area contributed by atoms with Gasteiger partial charge in [-0.15, -0.1) is 0 Å². The Morgan fingerprint density at radius 2 is 2.22 bits per heavy atom. The highest BCUT2D eigenvalue weighted by Crippen LogP contribution is 2.15. The lowest BCUT2D eigenvalue weighted by atomic mass is 10.1. The van der Waals surface area contributed by atoms with Gasteiger partial charge >= 0.3 is 0 Å². The summed E-state index contributed by atoms with van der Waals surface area (Å²) in [6.07, 6.45) is -0.489. The number of aliphatic hydroxyl groups is 1. The lowest BCUT2D eigenvalue weighted by Crippen LogP contribution is -2.21. The Morgan fingerprint density at radius 3 is 2.89 bits per heavy atom. The van der Waals surface area contributed by atoms with E-state index in [1.165, 1.54) is 12.1 Å². The second kappa shape index (κ2) is 6.09. The van der Waals surface area contributed by atoms with E-state index in [9.17, 15) is 9.50 Å². The third-order valence-electron chi connectivity index (χ3n) is 2.89. The van der Waals surface area contributed by atoms with E-state index in [0.717, 1.165) is 16.7 Å². The second-order valence-electron chi connectivity index (χ2n) is 4.27. The Hall–Kier alpha value is -1.23. The van der Waals surface area contributed by atoms with Crippen molar-refractivity contribution in [1.29, 1.82) is 0 Å². The summed E-state index contributed by atoms with van der Waals surface area (Å²) in [5.41, 5.74) is 2.91. The minimum absolute atomic E-state index is 0.213. The fourth-order valence-corrected chi connectivity index (χ4v) is 2.49. The highest BCUT2D eigenvalue weighted by atomic mass is 32.1. The topological polar surface area (TPSA) is 32.3 Å². The number of aliphatic hydroxyl groups excluding tert-OH is 1. The first kappa shape index (κ1) is 13.2. The maximum atomic E-state index is 12.9. The van der Waals surface area contributed by atoms with Gasteiger partial charge in [-0.3, -0.25) is 0 Å². The van der Waals surface area contributed by atoms with Crippen LogP contribution in [0.1, 0.15) is 22.8 Å². The highest BCUT2D eigenvalue weighted by molar-refractivity contribution is 7.07. The smallest absolute Gasteiger partial charge is 0.123 e. The van der Waals surface area contributed by atoms with Gasteiger partial charge in [0.15, 0.2) is 0 Å². The van der Waals surface area contributed by atoms with E-state index in [1.807, 2.05) is 23.8 Å². The van der Waals surface area contributed by atoms with E-state index in [1.54, 1.807) is 17.4 Å². The van der Waals surface area contributed by atoms with Crippen LogP contribution in [-0.4, -0.2) is 11.7 Å². The molecule has 2 aromatic rings. The van der Waals surface area contributed by atoms with Gasteiger partial charge in [0.2, 0.25) is 0 Å². The van der Waals surface area contributed by atoms with Crippen LogP contribution in [0.5, 0.6) is 0 Å². The molecule has 0 aliphatic carbocycles. The normalized spacial score (nSPS) is 12.6. The molecule has 1 aromatic carbocycles. The molecule has 96 valence electrons. The number of thiophene rings is 1. The van der Waals surface area contributed by atoms with Gasteiger partial charge in [0, 0.05) is 13.1 Å². The van der Waals surface area contributed by atoms with Crippen molar-refractivity contribution in [3.8, 4) is 0 Å². The van der Waals surface area contributed by atoms with Crippen molar-refractivity contribution in [1.82, 2.24) is 5.32 Å². The molecule has 4 heteroatoms. The molecule has 2 rings (SSSR count). The largest absolute Gasteiger partial charge is 0.387 e. The minimum atomic E-state index is -0.489.